The van der Waals surface area contributed by atoms with E-state index in [-0.39, 0.29) is 18.3 Å². The summed E-state index contributed by atoms with van der Waals surface area (Å²) in [6.45, 7) is 5.75. The van der Waals surface area contributed by atoms with Crippen molar-refractivity contribution >= 4 is 18.3 Å². The maximum Gasteiger partial charge on any atom is 0.254 e. The summed E-state index contributed by atoms with van der Waals surface area (Å²) in [6.07, 6.45) is 1.05. The van der Waals surface area contributed by atoms with Crippen LogP contribution in [0.5, 0.6) is 0 Å². The van der Waals surface area contributed by atoms with Crippen LogP contribution in [0.3, 0.4) is 0 Å². The molecule has 1 aromatic carbocycles. The maximum atomic E-state index is 12.4. The monoisotopic (exact) mass is 268 g/mol. The van der Waals surface area contributed by atoms with Crippen molar-refractivity contribution in [1.82, 2.24) is 10.2 Å². The van der Waals surface area contributed by atoms with Crippen LogP contribution in [0.1, 0.15) is 27.9 Å². The van der Waals surface area contributed by atoms with Gasteiger partial charge in [0.05, 0.1) is 0 Å². The zero-order valence-electron chi connectivity index (χ0n) is 11.2. The molecule has 1 atom stereocenters. The zero-order chi connectivity index (χ0) is 12.4. The van der Waals surface area contributed by atoms with E-state index in [0.717, 1.165) is 30.6 Å². The minimum atomic E-state index is 0. The van der Waals surface area contributed by atoms with Gasteiger partial charge in [0, 0.05) is 24.7 Å². The van der Waals surface area contributed by atoms with E-state index in [0.29, 0.717) is 6.04 Å². The summed E-state index contributed by atoms with van der Waals surface area (Å²) < 4.78 is 0. The highest BCUT2D eigenvalue weighted by molar-refractivity contribution is 5.96. The normalized spacial score (nSPS) is 18.6. The molecule has 1 aromatic rings. The van der Waals surface area contributed by atoms with Crippen molar-refractivity contribution < 1.29 is 4.79 Å². The molecule has 0 aromatic heterocycles. The summed E-state index contributed by atoms with van der Waals surface area (Å²) in [5.41, 5.74) is 3.13. The maximum absolute atomic E-state index is 12.4. The quantitative estimate of drug-likeness (QED) is 0.892. The Bertz CT molecular complexity index is 434. The summed E-state index contributed by atoms with van der Waals surface area (Å²) in [4.78, 5) is 14.3. The van der Waals surface area contributed by atoms with Gasteiger partial charge in [-0.3, -0.25) is 4.79 Å². The second-order valence-corrected chi connectivity index (χ2v) is 4.77. The lowest BCUT2D eigenvalue weighted by Crippen LogP contribution is -2.33. The Morgan fingerprint density at radius 3 is 2.72 bits per heavy atom. The Hall–Kier alpha value is -1.06. The first kappa shape index (κ1) is 15.0. The average Bonchev–Trinajstić information content (AvgIpc) is 2.80. The molecule has 0 spiro atoms. The van der Waals surface area contributed by atoms with E-state index in [4.69, 9.17) is 0 Å². The van der Waals surface area contributed by atoms with E-state index in [2.05, 4.69) is 5.32 Å². The fraction of sp³-hybridized carbons (Fsp3) is 0.500. The number of hydrogen-bond acceptors (Lipinski definition) is 2. The van der Waals surface area contributed by atoms with Crippen molar-refractivity contribution in [2.45, 2.75) is 26.3 Å². The highest BCUT2D eigenvalue weighted by Gasteiger charge is 2.26. The Balaban J connectivity index is 0.00000162. The number of aryl methyl sites for hydroxylation is 1. The highest BCUT2D eigenvalue weighted by Crippen LogP contribution is 2.18. The fourth-order valence-corrected chi connectivity index (χ4v) is 2.33. The Morgan fingerprint density at radius 2 is 2.11 bits per heavy atom. The lowest BCUT2D eigenvalue weighted by Gasteiger charge is -2.18. The first-order chi connectivity index (χ1) is 8.13. The second-order valence-electron chi connectivity index (χ2n) is 4.77. The molecule has 18 heavy (non-hydrogen) atoms. The minimum Gasteiger partial charge on any atom is -0.337 e. The number of likely N-dealkylation sites (tertiary alicyclic amines) is 1. The van der Waals surface area contributed by atoms with Gasteiger partial charge in [-0.05, 0) is 44.5 Å². The van der Waals surface area contributed by atoms with Crippen molar-refractivity contribution in [1.29, 1.82) is 0 Å². The van der Waals surface area contributed by atoms with E-state index in [1.807, 2.05) is 44.0 Å². The number of rotatable bonds is 2. The van der Waals surface area contributed by atoms with Gasteiger partial charge >= 0.3 is 0 Å². The summed E-state index contributed by atoms with van der Waals surface area (Å²) in [7, 11) is 1.95. The first-order valence-electron chi connectivity index (χ1n) is 6.16. The predicted octanol–water partition coefficient (Wildman–Crippen LogP) is 2.16. The summed E-state index contributed by atoms with van der Waals surface area (Å²) in [6, 6.07) is 6.38. The number of halogens is 1. The third kappa shape index (κ3) is 2.85. The molecule has 4 heteroatoms. The summed E-state index contributed by atoms with van der Waals surface area (Å²) in [5, 5.41) is 3.23. The lowest BCUT2D eigenvalue weighted by molar-refractivity contribution is 0.0789. The second kappa shape index (κ2) is 6.21. The SMILES string of the molecule is CNC1CCN(C(=O)c2cccc(C)c2C)C1.Cl. The van der Waals surface area contributed by atoms with Crippen LogP contribution >= 0.6 is 12.4 Å². The van der Waals surface area contributed by atoms with Gasteiger partial charge in [0.15, 0.2) is 0 Å². The molecule has 0 aliphatic carbocycles. The average molecular weight is 269 g/mol. The molecular formula is C14H21ClN2O. The predicted molar refractivity (Wildman–Crippen MR) is 76.5 cm³/mol. The standard InChI is InChI=1S/C14H20N2O.ClH/c1-10-5-4-6-13(11(10)2)14(17)16-8-7-12(9-16)15-3;/h4-6,12,15H,7-9H2,1-3H3;1H. The van der Waals surface area contributed by atoms with Crippen molar-refractivity contribution in [3.05, 3.63) is 34.9 Å². The van der Waals surface area contributed by atoms with Gasteiger partial charge in [-0.15, -0.1) is 12.4 Å². The van der Waals surface area contributed by atoms with Crippen molar-refractivity contribution in [3.8, 4) is 0 Å². The molecule has 1 N–H and O–H groups in total. The lowest BCUT2D eigenvalue weighted by atomic mass is 10.0. The molecule has 1 amide bonds. The van der Waals surface area contributed by atoms with Crippen LogP contribution in [0, 0.1) is 13.8 Å². The zero-order valence-corrected chi connectivity index (χ0v) is 12.0. The smallest absolute Gasteiger partial charge is 0.254 e. The molecule has 1 aliphatic heterocycles. The fourth-order valence-electron chi connectivity index (χ4n) is 2.33. The van der Waals surface area contributed by atoms with Crippen molar-refractivity contribution in [2.75, 3.05) is 20.1 Å². The molecule has 1 fully saturated rings. The topological polar surface area (TPSA) is 32.3 Å². The van der Waals surface area contributed by atoms with Crippen molar-refractivity contribution in [3.63, 3.8) is 0 Å². The van der Waals surface area contributed by atoms with Crippen LogP contribution in [-0.2, 0) is 0 Å². The molecule has 0 bridgehead atoms. The number of carbonyl (C=O) groups excluding carboxylic acids is 1. The van der Waals surface area contributed by atoms with Crippen LogP contribution in [0.15, 0.2) is 18.2 Å². The molecule has 2 rings (SSSR count). The van der Waals surface area contributed by atoms with Gasteiger partial charge in [-0.1, -0.05) is 12.1 Å². The molecule has 0 radical (unpaired) electrons. The van der Waals surface area contributed by atoms with Crippen LogP contribution in [-0.4, -0.2) is 37.0 Å². The van der Waals surface area contributed by atoms with E-state index in [1.165, 1.54) is 5.56 Å². The van der Waals surface area contributed by atoms with Gasteiger partial charge in [0.25, 0.3) is 5.91 Å². The highest BCUT2D eigenvalue weighted by atomic mass is 35.5. The molecule has 0 saturated carbocycles. The van der Waals surface area contributed by atoms with Gasteiger partial charge in [0.1, 0.15) is 0 Å². The third-order valence-corrected chi connectivity index (χ3v) is 3.72. The molecule has 1 unspecified atom stereocenters. The number of nitrogens with zero attached hydrogens (tertiary/aromatic N) is 1. The molecule has 1 saturated heterocycles. The Kier molecular flexibility index (Phi) is 5.17. The molecule has 1 aliphatic rings. The van der Waals surface area contributed by atoms with Crippen LogP contribution in [0.4, 0.5) is 0 Å². The number of amides is 1. The largest absolute Gasteiger partial charge is 0.337 e. The first-order valence-corrected chi connectivity index (χ1v) is 6.16. The molecule has 1 heterocycles. The number of hydrogen-bond donors (Lipinski definition) is 1. The van der Waals surface area contributed by atoms with Gasteiger partial charge < -0.3 is 10.2 Å². The molecule has 3 nitrogen and oxygen atoms in total. The van der Waals surface area contributed by atoms with Gasteiger partial charge in [-0.25, -0.2) is 0 Å². The van der Waals surface area contributed by atoms with Crippen LogP contribution < -0.4 is 5.32 Å². The summed E-state index contributed by atoms with van der Waals surface area (Å²) in [5.74, 6) is 0.170. The van der Waals surface area contributed by atoms with Crippen LogP contribution in [0.2, 0.25) is 0 Å². The van der Waals surface area contributed by atoms with Crippen LogP contribution in [0.25, 0.3) is 0 Å². The molecular weight excluding hydrogens is 248 g/mol. The van der Waals surface area contributed by atoms with E-state index >= 15 is 0 Å². The number of benzene rings is 1. The van der Waals surface area contributed by atoms with Gasteiger partial charge in [-0.2, -0.15) is 0 Å². The number of carbonyl (C=O) groups is 1. The number of likely N-dealkylation sites (N-methyl/N-ethyl adjacent to an activating group) is 1. The van der Waals surface area contributed by atoms with E-state index in [1.54, 1.807) is 0 Å². The Morgan fingerprint density at radius 1 is 1.39 bits per heavy atom. The van der Waals surface area contributed by atoms with Crippen molar-refractivity contribution in [2.24, 2.45) is 0 Å². The van der Waals surface area contributed by atoms with E-state index < -0.39 is 0 Å². The summed E-state index contributed by atoms with van der Waals surface area (Å²) >= 11 is 0. The Labute approximate surface area is 115 Å². The third-order valence-electron chi connectivity index (χ3n) is 3.72. The molecule has 100 valence electrons. The minimum absolute atomic E-state index is 0. The number of nitrogens with one attached hydrogen (secondary N) is 1. The van der Waals surface area contributed by atoms with E-state index in [9.17, 15) is 4.79 Å². The van der Waals surface area contributed by atoms with Gasteiger partial charge in [0.2, 0.25) is 0 Å².